The Morgan fingerprint density at radius 1 is 1.30 bits per heavy atom. The number of amides is 2. The van der Waals surface area contributed by atoms with Crippen LogP contribution in [0.25, 0.3) is 0 Å². The van der Waals surface area contributed by atoms with Gasteiger partial charge in [0.05, 0.1) is 0 Å². The minimum absolute atomic E-state index is 0.0847. The number of hydrogen-bond donors (Lipinski definition) is 5. The van der Waals surface area contributed by atoms with Crippen molar-refractivity contribution in [3.8, 4) is 0 Å². The second-order valence-corrected chi connectivity index (χ2v) is 5.59. The average Bonchev–Trinajstić information content (AvgIpc) is 3.16. The van der Waals surface area contributed by atoms with E-state index in [1.54, 1.807) is 0 Å². The number of rotatable bonds is 9. The Labute approximate surface area is 118 Å². The first kappa shape index (κ1) is 16.6. The molecule has 1 rings (SSSR count). The minimum atomic E-state index is -1.04. The summed E-state index contributed by atoms with van der Waals surface area (Å²) in [6.07, 6.45) is 1.94. The molecule has 20 heavy (non-hydrogen) atoms. The molecule has 1 aliphatic carbocycles. The molecule has 3 atom stereocenters. The fourth-order valence-electron chi connectivity index (χ4n) is 2.68. The second kappa shape index (κ2) is 7.94. The van der Waals surface area contributed by atoms with Crippen LogP contribution in [-0.4, -0.2) is 41.5 Å². The topological polar surface area (TPSA) is 125 Å². The fraction of sp³-hybridized carbons (Fsp3) is 0.846. The Balaban J connectivity index is 2.45. The van der Waals surface area contributed by atoms with Gasteiger partial charge in [0.15, 0.2) is 0 Å². The molecule has 0 aromatic rings. The van der Waals surface area contributed by atoms with Crippen LogP contribution >= 0.6 is 0 Å². The van der Waals surface area contributed by atoms with Crippen molar-refractivity contribution in [2.24, 2.45) is 23.5 Å². The third-order valence-electron chi connectivity index (χ3n) is 4.05. The molecule has 1 fully saturated rings. The van der Waals surface area contributed by atoms with Crippen molar-refractivity contribution in [1.82, 2.24) is 10.6 Å². The zero-order chi connectivity index (χ0) is 15.1. The molecule has 0 bridgehead atoms. The smallest absolute Gasteiger partial charge is 0.404 e. The number of nitrogens with two attached hydrogens (primary N) is 1. The summed E-state index contributed by atoms with van der Waals surface area (Å²) in [5, 5.41) is 22.2. The summed E-state index contributed by atoms with van der Waals surface area (Å²) in [6.45, 7) is 2.69. The predicted molar refractivity (Wildman–Crippen MR) is 74.6 cm³/mol. The van der Waals surface area contributed by atoms with Gasteiger partial charge in [-0.25, -0.2) is 9.59 Å². The van der Waals surface area contributed by atoms with Crippen molar-refractivity contribution in [3.63, 3.8) is 0 Å². The molecule has 7 nitrogen and oxygen atoms in total. The molecule has 0 saturated heterocycles. The maximum Gasteiger partial charge on any atom is 0.404 e. The lowest BCUT2D eigenvalue weighted by molar-refractivity contribution is 0.180. The van der Waals surface area contributed by atoms with Crippen LogP contribution in [0.15, 0.2) is 0 Å². The summed E-state index contributed by atoms with van der Waals surface area (Å²) in [6, 6.07) is -0.189. The van der Waals surface area contributed by atoms with Crippen molar-refractivity contribution in [1.29, 1.82) is 0 Å². The van der Waals surface area contributed by atoms with Gasteiger partial charge >= 0.3 is 12.2 Å². The van der Waals surface area contributed by atoms with Crippen molar-refractivity contribution < 1.29 is 19.8 Å². The van der Waals surface area contributed by atoms with Crippen molar-refractivity contribution >= 4 is 12.2 Å². The predicted octanol–water partition coefficient (Wildman–Crippen LogP) is 1.29. The highest BCUT2D eigenvalue weighted by Crippen LogP contribution is 2.41. The van der Waals surface area contributed by atoms with Crippen LogP contribution in [0.4, 0.5) is 9.59 Å². The van der Waals surface area contributed by atoms with E-state index in [2.05, 4.69) is 10.6 Å². The van der Waals surface area contributed by atoms with E-state index in [4.69, 9.17) is 15.9 Å². The van der Waals surface area contributed by atoms with Gasteiger partial charge in [0, 0.05) is 12.6 Å². The summed E-state index contributed by atoms with van der Waals surface area (Å²) < 4.78 is 0. The van der Waals surface area contributed by atoms with Gasteiger partial charge in [-0.15, -0.1) is 0 Å². The van der Waals surface area contributed by atoms with Crippen LogP contribution in [0, 0.1) is 17.8 Å². The van der Waals surface area contributed by atoms with Crippen LogP contribution in [0.1, 0.15) is 32.6 Å². The number of carboxylic acid groups (broad SMARTS) is 2. The van der Waals surface area contributed by atoms with Gasteiger partial charge in [-0.2, -0.15) is 0 Å². The van der Waals surface area contributed by atoms with Crippen LogP contribution in [-0.2, 0) is 0 Å². The summed E-state index contributed by atoms with van der Waals surface area (Å²) in [5.41, 5.74) is 5.75. The SMILES string of the molecule is C[C@@H](NC(=O)O)[C@H](CN)CC(CCNC(=O)O)C1CC1. The molecule has 1 unspecified atom stereocenters. The molecule has 6 N–H and O–H groups in total. The maximum absolute atomic E-state index is 10.7. The summed E-state index contributed by atoms with van der Waals surface area (Å²) in [5.74, 6) is 1.13. The Morgan fingerprint density at radius 3 is 2.40 bits per heavy atom. The number of nitrogens with one attached hydrogen (secondary N) is 2. The first-order valence-electron chi connectivity index (χ1n) is 7.10. The van der Waals surface area contributed by atoms with E-state index >= 15 is 0 Å². The maximum atomic E-state index is 10.7. The molecular formula is C13H25N3O4. The van der Waals surface area contributed by atoms with E-state index in [-0.39, 0.29) is 12.0 Å². The zero-order valence-electron chi connectivity index (χ0n) is 11.8. The van der Waals surface area contributed by atoms with Gasteiger partial charge in [0.25, 0.3) is 0 Å². The molecule has 0 aromatic heterocycles. The van der Waals surface area contributed by atoms with Crippen molar-refractivity contribution in [2.75, 3.05) is 13.1 Å². The van der Waals surface area contributed by atoms with Crippen molar-refractivity contribution in [2.45, 2.75) is 38.6 Å². The Hall–Kier alpha value is -1.50. The Bertz CT molecular complexity index is 334. The fourth-order valence-corrected chi connectivity index (χ4v) is 2.68. The normalized spacial score (nSPS) is 18.9. The monoisotopic (exact) mass is 287 g/mol. The summed E-state index contributed by atoms with van der Waals surface area (Å²) >= 11 is 0. The van der Waals surface area contributed by atoms with E-state index in [0.29, 0.717) is 24.9 Å². The van der Waals surface area contributed by atoms with E-state index in [9.17, 15) is 9.59 Å². The number of hydrogen-bond acceptors (Lipinski definition) is 3. The van der Waals surface area contributed by atoms with Crippen LogP contribution in [0.3, 0.4) is 0 Å². The molecular weight excluding hydrogens is 262 g/mol. The largest absolute Gasteiger partial charge is 0.465 e. The van der Waals surface area contributed by atoms with E-state index in [1.165, 1.54) is 12.8 Å². The quantitative estimate of drug-likeness (QED) is 0.437. The van der Waals surface area contributed by atoms with Crippen LogP contribution in [0.2, 0.25) is 0 Å². The van der Waals surface area contributed by atoms with Gasteiger partial charge < -0.3 is 26.6 Å². The van der Waals surface area contributed by atoms with E-state index < -0.39 is 12.2 Å². The highest BCUT2D eigenvalue weighted by Gasteiger charge is 2.33. The van der Waals surface area contributed by atoms with Gasteiger partial charge in [0.2, 0.25) is 0 Å². The Morgan fingerprint density at radius 2 is 1.95 bits per heavy atom. The van der Waals surface area contributed by atoms with Gasteiger partial charge in [-0.1, -0.05) is 0 Å². The third kappa shape index (κ3) is 6.10. The molecule has 0 aromatic carbocycles. The van der Waals surface area contributed by atoms with Crippen LogP contribution in [0.5, 0.6) is 0 Å². The molecule has 0 radical (unpaired) electrons. The molecule has 0 spiro atoms. The summed E-state index contributed by atoms with van der Waals surface area (Å²) in [7, 11) is 0. The molecule has 1 saturated carbocycles. The first-order valence-corrected chi connectivity index (χ1v) is 7.10. The standard InChI is InChI=1S/C13H25N3O4/c1-8(16-13(19)20)11(7-14)6-10(9-2-3-9)4-5-15-12(17)18/h8-11,15-16H,2-7,14H2,1H3,(H,17,18)(H,19,20)/t8-,10?,11+/m1/s1. The van der Waals surface area contributed by atoms with Gasteiger partial charge in [-0.05, 0) is 56.9 Å². The lowest BCUT2D eigenvalue weighted by Crippen LogP contribution is -2.41. The molecule has 2 amide bonds. The Kier molecular flexibility index (Phi) is 6.57. The van der Waals surface area contributed by atoms with Gasteiger partial charge in [-0.3, -0.25) is 0 Å². The zero-order valence-corrected chi connectivity index (χ0v) is 11.8. The molecule has 0 heterocycles. The highest BCUT2D eigenvalue weighted by atomic mass is 16.4. The van der Waals surface area contributed by atoms with E-state index in [1.807, 2.05) is 6.92 Å². The molecule has 0 aliphatic heterocycles. The highest BCUT2D eigenvalue weighted by molar-refractivity contribution is 5.64. The minimum Gasteiger partial charge on any atom is -0.465 e. The molecule has 1 aliphatic rings. The average molecular weight is 287 g/mol. The third-order valence-corrected chi connectivity index (χ3v) is 4.05. The lowest BCUT2D eigenvalue weighted by atomic mass is 9.85. The summed E-state index contributed by atoms with van der Waals surface area (Å²) in [4.78, 5) is 21.1. The van der Waals surface area contributed by atoms with E-state index in [0.717, 1.165) is 12.8 Å². The number of carbonyl (C=O) groups is 2. The van der Waals surface area contributed by atoms with Crippen molar-refractivity contribution in [3.05, 3.63) is 0 Å². The second-order valence-electron chi connectivity index (χ2n) is 5.59. The lowest BCUT2D eigenvalue weighted by Gasteiger charge is -2.27. The van der Waals surface area contributed by atoms with Crippen LogP contribution < -0.4 is 16.4 Å². The van der Waals surface area contributed by atoms with Gasteiger partial charge in [0.1, 0.15) is 0 Å². The molecule has 116 valence electrons. The molecule has 7 heteroatoms. The first-order chi connectivity index (χ1) is 9.43.